The number of carbonyl (C=O) groups is 2. The van der Waals surface area contributed by atoms with Gasteiger partial charge in [-0.1, -0.05) is 12.1 Å². The Morgan fingerprint density at radius 3 is 2.31 bits per heavy atom. The molecule has 0 radical (unpaired) electrons. The number of ether oxygens (including phenoxy) is 1. The molecule has 138 valence electrons. The van der Waals surface area contributed by atoms with E-state index in [4.69, 9.17) is 4.74 Å². The van der Waals surface area contributed by atoms with Gasteiger partial charge in [-0.25, -0.2) is 4.39 Å². The number of amides is 1. The van der Waals surface area contributed by atoms with Crippen molar-refractivity contribution in [3.8, 4) is 5.75 Å². The van der Waals surface area contributed by atoms with Crippen molar-refractivity contribution in [1.82, 2.24) is 5.32 Å². The minimum atomic E-state index is -1.10. The molecule has 0 aliphatic carbocycles. The third-order valence-corrected chi connectivity index (χ3v) is 4.54. The largest absolute Gasteiger partial charge is 0.481 e. The van der Waals surface area contributed by atoms with E-state index < -0.39 is 29.7 Å². The first-order valence-corrected chi connectivity index (χ1v) is 9.20. The second-order valence-corrected chi connectivity index (χ2v) is 6.50. The molecule has 0 aliphatic heterocycles. The Bertz CT molecular complexity index is 749. The van der Waals surface area contributed by atoms with Crippen molar-refractivity contribution in [2.75, 3.05) is 12.8 Å². The quantitative estimate of drug-likeness (QED) is 0.691. The van der Waals surface area contributed by atoms with Crippen LogP contribution in [0.5, 0.6) is 5.75 Å². The molecular weight excluding hydrogens is 357 g/mol. The highest BCUT2D eigenvalue weighted by Crippen LogP contribution is 2.20. The van der Waals surface area contributed by atoms with E-state index in [1.165, 1.54) is 24.3 Å². The average molecular weight is 377 g/mol. The van der Waals surface area contributed by atoms with Crippen LogP contribution >= 0.6 is 11.8 Å². The van der Waals surface area contributed by atoms with Gasteiger partial charge < -0.3 is 15.2 Å². The van der Waals surface area contributed by atoms with Crippen molar-refractivity contribution >= 4 is 23.6 Å². The minimum Gasteiger partial charge on any atom is -0.481 e. The van der Waals surface area contributed by atoms with E-state index in [0.717, 1.165) is 4.90 Å². The molecule has 5 nitrogen and oxygen atoms in total. The molecule has 0 fully saturated rings. The molecule has 2 aromatic carbocycles. The first kappa shape index (κ1) is 19.8. The van der Waals surface area contributed by atoms with E-state index in [2.05, 4.69) is 5.32 Å². The Balaban J connectivity index is 1.93. The molecule has 2 unspecified atom stereocenters. The third-order valence-electron chi connectivity index (χ3n) is 3.79. The third kappa shape index (κ3) is 5.49. The topological polar surface area (TPSA) is 75.6 Å². The Morgan fingerprint density at radius 1 is 1.15 bits per heavy atom. The van der Waals surface area contributed by atoms with Gasteiger partial charge >= 0.3 is 5.97 Å². The fourth-order valence-electron chi connectivity index (χ4n) is 2.30. The summed E-state index contributed by atoms with van der Waals surface area (Å²) in [5.74, 6) is -2.38. The van der Waals surface area contributed by atoms with Crippen LogP contribution in [-0.4, -0.2) is 35.9 Å². The molecule has 0 heterocycles. The normalized spacial score (nSPS) is 12.9. The first-order chi connectivity index (χ1) is 12.4. The zero-order valence-corrected chi connectivity index (χ0v) is 15.3. The molecular formula is C19H20FNO4S. The Kier molecular flexibility index (Phi) is 7.03. The molecule has 0 bridgehead atoms. The van der Waals surface area contributed by atoms with Crippen molar-refractivity contribution in [2.24, 2.45) is 0 Å². The van der Waals surface area contributed by atoms with Crippen LogP contribution in [0.2, 0.25) is 0 Å². The van der Waals surface area contributed by atoms with Crippen molar-refractivity contribution in [3.63, 3.8) is 0 Å². The van der Waals surface area contributed by atoms with Crippen LogP contribution in [0.3, 0.4) is 0 Å². The Morgan fingerprint density at radius 2 is 1.77 bits per heavy atom. The van der Waals surface area contributed by atoms with Crippen LogP contribution in [0.1, 0.15) is 18.4 Å². The van der Waals surface area contributed by atoms with Crippen LogP contribution in [0.15, 0.2) is 53.4 Å². The summed E-state index contributed by atoms with van der Waals surface area (Å²) in [5.41, 5.74) is 0.417. The van der Waals surface area contributed by atoms with Gasteiger partial charge in [0.1, 0.15) is 11.6 Å². The summed E-state index contributed by atoms with van der Waals surface area (Å²) in [6, 6.07) is 12.5. The maximum Gasteiger partial charge on any atom is 0.312 e. The van der Waals surface area contributed by atoms with Crippen LogP contribution in [-0.2, 0) is 9.59 Å². The smallest absolute Gasteiger partial charge is 0.312 e. The highest BCUT2D eigenvalue weighted by molar-refractivity contribution is 7.98. The van der Waals surface area contributed by atoms with Crippen molar-refractivity contribution in [1.29, 1.82) is 0 Å². The van der Waals surface area contributed by atoms with Gasteiger partial charge in [-0.05, 0) is 55.1 Å². The van der Waals surface area contributed by atoms with E-state index in [0.29, 0.717) is 11.3 Å². The molecule has 0 aliphatic rings. The molecule has 26 heavy (non-hydrogen) atoms. The summed E-state index contributed by atoms with van der Waals surface area (Å²) >= 11 is 1.60. The molecule has 0 spiro atoms. The Labute approximate surface area is 155 Å². The molecule has 2 atom stereocenters. The number of benzene rings is 2. The lowest BCUT2D eigenvalue weighted by Crippen LogP contribution is -2.39. The van der Waals surface area contributed by atoms with Gasteiger partial charge in [-0.15, -0.1) is 11.8 Å². The van der Waals surface area contributed by atoms with Crippen LogP contribution < -0.4 is 10.1 Å². The number of aliphatic carboxylic acids is 1. The van der Waals surface area contributed by atoms with Gasteiger partial charge in [-0.2, -0.15) is 0 Å². The number of nitrogens with one attached hydrogen (secondary N) is 1. The second-order valence-electron chi connectivity index (χ2n) is 5.62. The molecule has 0 saturated carbocycles. The van der Waals surface area contributed by atoms with Gasteiger partial charge in [0.25, 0.3) is 5.91 Å². The van der Waals surface area contributed by atoms with Gasteiger partial charge in [0.05, 0.1) is 5.92 Å². The van der Waals surface area contributed by atoms with Crippen LogP contribution in [0, 0.1) is 5.82 Å². The zero-order valence-electron chi connectivity index (χ0n) is 14.4. The lowest BCUT2D eigenvalue weighted by Gasteiger charge is -2.18. The first-order valence-electron chi connectivity index (χ1n) is 7.97. The number of hydrogen-bond acceptors (Lipinski definition) is 4. The predicted molar refractivity (Wildman–Crippen MR) is 98.1 cm³/mol. The van der Waals surface area contributed by atoms with Crippen LogP contribution in [0.4, 0.5) is 4.39 Å². The number of rotatable bonds is 8. The molecule has 2 N–H and O–H groups in total. The average Bonchev–Trinajstić information content (AvgIpc) is 2.63. The number of halogens is 1. The van der Waals surface area contributed by atoms with E-state index >= 15 is 0 Å². The highest BCUT2D eigenvalue weighted by Gasteiger charge is 2.22. The van der Waals surface area contributed by atoms with E-state index in [-0.39, 0.29) is 6.54 Å². The number of thioether (sulfide) groups is 1. The molecule has 2 rings (SSSR count). The summed E-state index contributed by atoms with van der Waals surface area (Å²) in [7, 11) is 0. The zero-order chi connectivity index (χ0) is 19.1. The molecule has 0 aromatic heterocycles. The van der Waals surface area contributed by atoms with Crippen LogP contribution in [0.25, 0.3) is 0 Å². The second kappa shape index (κ2) is 9.24. The lowest BCUT2D eigenvalue weighted by molar-refractivity contribution is -0.138. The summed E-state index contributed by atoms with van der Waals surface area (Å²) in [5, 5.41) is 11.9. The van der Waals surface area contributed by atoms with E-state index in [1.807, 2.05) is 18.4 Å². The number of hydrogen-bond donors (Lipinski definition) is 2. The van der Waals surface area contributed by atoms with E-state index in [1.54, 1.807) is 30.8 Å². The van der Waals surface area contributed by atoms with Gasteiger partial charge in [0, 0.05) is 11.4 Å². The maximum absolute atomic E-state index is 13.0. The fourth-order valence-corrected chi connectivity index (χ4v) is 2.71. The molecule has 0 saturated heterocycles. The predicted octanol–water partition coefficient (Wildman–Crippen LogP) is 3.30. The van der Waals surface area contributed by atoms with Crippen molar-refractivity contribution in [2.45, 2.75) is 23.8 Å². The summed E-state index contributed by atoms with van der Waals surface area (Å²) in [4.78, 5) is 24.7. The number of carbonyl (C=O) groups excluding carboxylic acids is 1. The molecule has 2 aromatic rings. The molecule has 7 heteroatoms. The highest BCUT2D eigenvalue weighted by atomic mass is 32.2. The standard InChI is InChI=1S/C19H20FNO4S/c1-12(25-15-7-9-16(26-2)10-8-15)18(22)21-11-17(19(23)24)13-3-5-14(20)6-4-13/h3-10,12,17H,11H2,1-2H3,(H,21,22)(H,23,24). The summed E-state index contributed by atoms with van der Waals surface area (Å²) in [6.07, 6.45) is 1.18. The SMILES string of the molecule is CSc1ccc(OC(C)C(=O)NCC(C(=O)O)c2ccc(F)cc2)cc1. The minimum absolute atomic E-state index is 0.112. The van der Waals surface area contributed by atoms with Gasteiger partial charge in [0.15, 0.2) is 6.10 Å². The monoisotopic (exact) mass is 377 g/mol. The maximum atomic E-state index is 13.0. The fraction of sp³-hybridized carbons (Fsp3) is 0.263. The summed E-state index contributed by atoms with van der Waals surface area (Å²) in [6.45, 7) is 1.48. The molecule has 1 amide bonds. The Hall–Kier alpha value is -2.54. The van der Waals surface area contributed by atoms with Crippen molar-refractivity contribution in [3.05, 3.63) is 59.9 Å². The summed E-state index contributed by atoms with van der Waals surface area (Å²) < 4.78 is 18.6. The van der Waals surface area contributed by atoms with Crippen molar-refractivity contribution < 1.29 is 23.8 Å². The van der Waals surface area contributed by atoms with E-state index in [9.17, 15) is 19.1 Å². The number of carboxylic acids is 1. The van der Waals surface area contributed by atoms with Gasteiger partial charge in [0.2, 0.25) is 0 Å². The number of carboxylic acid groups (broad SMARTS) is 1. The van der Waals surface area contributed by atoms with Gasteiger partial charge in [-0.3, -0.25) is 9.59 Å². The lowest BCUT2D eigenvalue weighted by atomic mass is 9.99.